The second-order valence-corrected chi connectivity index (χ2v) is 5.04. The van der Waals surface area contributed by atoms with E-state index in [1.54, 1.807) is 0 Å². The van der Waals surface area contributed by atoms with Crippen LogP contribution in [-0.4, -0.2) is 24.0 Å². The first-order chi connectivity index (χ1) is 8.75. The predicted octanol–water partition coefficient (Wildman–Crippen LogP) is 2.09. The molecule has 1 heterocycles. The first kappa shape index (κ1) is 13.1. The number of amides is 1. The standard InChI is InChI=1S/C14H21NO3/c16-13-9-3-1-2-4-10-14(17)18-12-8-6-5-7-11(12)15-13/h1-2,11-12H,3-10H2,(H,15,16). The lowest BCUT2D eigenvalue weighted by Crippen LogP contribution is -2.47. The van der Waals surface area contributed by atoms with Crippen molar-refractivity contribution >= 4 is 11.9 Å². The summed E-state index contributed by atoms with van der Waals surface area (Å²) in [6.07, 6.45) is 10.2. The molecule has 2 aliphatic rings. The molecule has 100 valence electrons. The second-order valence-electron chi connectivity index (χ2n) is 5.04. The Labute approximate surface area is 108 Å². The zero-order chi connectivity index (χ0) is 12.8. The molecule has 18 heavy (non-hydrogen) atoms. The molecule has 0 radical (unpaired) electrons. The lowest BCUT2D eigenvalue weighted by molar-refractivity contribution is -0.153. The van der Waals surface area contributed by atoms with Crippen LogP contribution in [0.4, 0.5) is 0 Å². The summed E-state index contributed by atoms with van der Waals surface area (Å²) < 4.78 is 5.49. The highest BCUT2D eigenvalue weighted by Crippen LogP contribution is 2.22. The fourth-order valence-corrected chi connectivity index (χ4v) is 2.56. The van der Waals surface area contributed by atoms with Crippen molar-refractivity contribution in [1.82, 2.24) is 5.32 Å². The van der Waals surface area contributed by atoms with Crippen molar-refractivity contribution in [3.63, 3.8) is 0 Å². The predicted molar refractivity (Wildman–Crippen MR) is 67.9 cm³/mol. The van der Waals surface area contributed by atoms with Gasteiger partial charge in [-0.25, -0.2) is 0 Å². The number of hydrogen-bond acceptors (Lipinski definition) is 3. The van der Waals surface area contributed by atoms with Crippen molar-refractivity contribution in [1.29, 1.82) is 0 Å². The van der Waals surface area contributed by atoms with E-state index in [1.807, 2.05) is 12.2 Å². The van der Waals surface area contributed by atoms with Crippen LogP contribution in [0.3, 0.4) is 0 Å². The van der Waals surface area contributed by atoms with Crippen molar-refractivity contribution < 1.29 is 14.3 Å². The van der Waals surface area contributed by atoms with Gasteiger partial charge < -0.3 is 10.1 Å². The zero-order valence-electron chi connectivity index (χ0n) is 10.7. The van der Waals surface area contributed by atoms with Gasteiger partial charge in [0.15, 0.2) is 0 Å². The third-order valence-corrected chi connectivity index (χ3v) is 3.55. The molecule has 0 spiro atoms. The van der Waals surface area contributed by atoms with Gasteiger partial charge in [0.2, 0.25) is 5.91 Å². The highest BCUT2D eigenvalue weighted by Gasteiger charge is 2.29. The molecule has 0 aromatic heterocycles. The molecule has 0 aromatic carbocycles. The summed E-state index contributed by atoms with van der Waals surface area (Å²) in [5.41, 5.74) is 0. The van der Waals surface area contributed by atoms with Crippen LogP contribution in [0.1, 0.15) is 51.4 Å². The van der Waals surface area contributed by atoms with E-state index in [2.05, 4.69) is 5.32 Å². The second kappa shape index (κ2) is 6.57. The summed E-state index contributed by atoms with van der Waals surface area (Å²) in [4.78, 5) is 23.4. The first-order valence-corrected chi connectivity index (χ1v) is 6.89. The molecular formula is C14H21NO3. The van der Waals surface area contributed by atoms with Crippen LogP contribution in [0.2, 0.25) is 0 Å². The Morgan fingerprint density at radius 3 is 2.61 bits per heavy atom. The van der Waals surface area contributed by atoms with Crippen LogP contribution in [0.15, 0.2) is 12.2 Å². The maximum absolute atomic E-state index is 11.7. The van der Waals surface area contributed by atoms with E-state index >= 15 is 0 Å². The number of nitrogens with one attached hydrogen (secondary N) is 1. The Morgan fingerprint density at radius 1 is 1.06 bits per heavy atom. The molecule has 4 heteroatoms. The lowest BCUT2D eigenvalue weighted by Gasteiger charge is -2.31. The van der Waals surface area contributed by atoms with Gasteiger partial charge in [0.25, 0.3) is 0 Å². The minimum Gasteiger partial charge on any atom is -0.460 e. The van der Waals surface area contributed by atoms with Gasteiger partial charge in [0, 0.05) is 12.8 Å². The largest absolute Gasteiger partial charge is 0.460 e. The van der Waals surface area contributed by atoms with E-state index in [-0.39, 0.29) is 24.0 Å². The highest BCUT2D eigenvalue weighted by atomic mass is 16.5. The average Bonchev–Trinajstić information content (AvgIpc) is 2.34. The topological polar surface area (TPSA) is 55.4 Å². The van der Waals surface area contributed by atoms with Gasteiger partial charge in [-0.1, -0.05) is 18.6 Å². The Bertz CT molecular complexity index is 306. The Balaban J connectivity index is 2.02. The van der Waals surface area contributed by atoms with Crippen LogP contribution >= 0.6 is 0 Å². The third kappa shape index (κ3) is 3.86. The van der Waals surface area contributed by atoms with Crippen LogP contribution in [0.25, 0.3) is 0 Å². The quantitative estimate of drug-likeness (QED) is 0.530. The van der Waals surface area contributed by atoms with Gasteiger partial charge >= 0.3 is 5.97 Å². The number of rotatable bonds is 0. The van der Waals surface area contributed by atoms with Crippen molar-refractivity contribution in [2.24, 2.45) is 0 Å². The Hall–Kier alpha value is -1.32. The van der Waals surface area contributed by atoms with Crippen LogP contribution in [0, 0.1) is 0 Å². The molecule has 1 saturated carbocycles. The molecule has 2 unspecified atom stereocenters. The minimum absolute atomic E-state index is 0.0126. The monoisotopic (exact) mass is 251 g/mol. The van der Waals surface area contributed by atoms with Crippen LogP contribution in [-0.2, 0) is 14.3 Å². The van der Waals surface area contributed by atoms with Crippen molar-refractivity contribution in [3.8, 4) is 0 Å². The summed E-state index contributed by atoms with van der Waals surface area (Å²) in [5, 5.41) is 3.01. The third-order valence-electron chi connectivity index (χ3n) is 3.55. The molecule has 1 amide bonds. The maximum atomic E-state index is 11.7. The van der Waals surface area contributed by atoms with E-state index < -0.39 is 0 Å². The van der Waals surface area contributed by atoms with E-state index in [0.717, 1.165) is 32.1 Å². The number of ether oxygens (including phenoxy) is 1. The smallest absolute Gasteiger partial charge is 0.306 e. The summed E-state index contributed by atoms with van der Waals surface area (Å²) in [6, 6.07) is 0.0126. The summed E-state index contributed by atoms with van der Waals surface area (Å²) >= 11 is 0. The molecule has 0 bridgehead atoms. The van der Waals surface area contributed by atoms with Crippen molar-refractivity contribution in [2.45, 2.75) is 63.5 Å². The number of carbonyl (C=O) groups excluding carboxylic acids is 2. The fraction of sp³-hybridized carbons (Fsp3) is 0.714. The molecule has 1 N–H and O–H groups in total. The van der Waals surface area contributed by atoms with Crippen molar-refractivity contribution in [2.75, 3.05) is 0 Å². The van der Waals surface area contributed by atoms with Gasteiger partial charge in [0.1, 0.15) is 6.10 Å². The first-order valence-electron chi connectivity index (χ1n) is 6.89. The number of allylic oxidation sites excluding steroid dienone is 2. The average molecular weight is 251 g/mol. The normalized spacial score (nSPS) is 30.4. The molecule has 4 nitrogen and oxygen atoms in total. The van der Waals surface area contributed by atoms with Crippen LogP contribution in [0.5, 0.6) is 0 Å². The summed E-state index contributed by atoms with van der Waals surface area (Å²) in [6.45, 7) is 0. The molecule has 0 aromatic rings. The number of esters is 1. The number of fused-ring (bicyclic) bond motifs is 1. The van der Waals surface area contributed by atoms with Gasteiger partial charge in [-0.15, -0.1) is 0 Å². The van der Waals surface area contributed by atoms with Gasteiger partial charge in [-0.05, 0) is 32.1 Å². The minimum atomic E-state index is -0.147. The van der Waals surface area contributed by atoms with E-state index in [4.69, 9.17) is 4.74 Å². The molecule has 1 fully saturated rings. The number of carbonyl (C=O) groups is 2. The highest BCUT2D eigenvalue weighted by molar-refractivity contribution is 5.76. The SMILES string of the molecule is O=C1CCC=CCCC(=O)OC2CCCCC2N1. The molecule has 2 atom stereocenters. The fourth-order valence-electron chi connectivity index (χ4n) is 2.56. The van der Waals surface area contributed by atoms with Gasteiger partial charge in [-0.2, -0.15) is 0 Å². The molecule has 0 saturated heterocycles. The molecule has 1 aliphatic carbocycles. The molecular weight excluding hydrogens is 230 g/mol. The molecule has 1 aliphatic heterocycles. The van der Waals surface area contributed by atoms with Crippen molar-refractivity contribution in [3.05, 3.63) is 12.2 Å². The van der Waals surface area contributed by atoms with Gasteiger partial charge in [-0.3, -0.25) is 9.59 Å². The van der Waals surface area contributed by atoms with Crippen LogP contribution < -0.4 is 5.32 Å². The zero-order valence-corrected chi connectivity index (χ0v) is 10.7. The number of hydrogen-bond donors (Lipinski definition) is 1. The van der Waals surface area contributed by atoms with Gasteiger partial charge in [0.05, 0.1) is 6.04 Å². The summed E-state index contributed by atoms with van der Waals surface area (Å²) in [5.74, 6) is -0.0838. The lowest BCUT2D eigenvalue weighted by atomic mass is 9.92. The maximum Gasteiger partial charge on any atom is 0.306 e. The van der Waals surface area contributed by atoms with E-state index in [0.29, 0.717) is 19.3 Å². The Kier molecular flexibility index (Phi) is 4.79. The molecule has 2 rings (SSSR count). The van der Waals surface area contributed by atoms with E-state index in [1.165, 1.54) is 0 Å². The Morgan fingerprint density at radius 2 is 1.78 bits per heavy atom. The van der Waals surface area contributed by atoms with E-state index in [9.17, 15) is 9.59 Å². The summed E-state index contributed by atoms with van der Waals surface area (Å²) in [7, 11) is 0.